The Morgan fingerprint density at radius 2 is 1.88 bits per heavy atom. The molecule has 0 amide bonds. The zero-order chi connectivity index (χ0) is 18.1. The number of aromatic nitrogens is 1. The van der Waals surface area contributed by atoms with Crippen molar-refractivity contribution in [3.05, 3.63) is 65.6 Å². The summed E-state index contributed by atoms with van der Waals surface area (Å²) in [5, 5.41) is 11.8. The molecule has 26 heavy (non-hydrogen) atoms. The average molecular weight is 353 g/mol. The highest BCUT2D eigenvalue weighted by atomic mass is 19.1. The lowest BCUT2D eigenvalue weighted by Gasteiger charge is -2.37. The Labute approximate surface area is 152 Å². The van der Waals surface area contributed by atoms with Gasteiger partial charge in [0.05, 0.1) is 11.8 Å². The maximum atomic E-state index is 13.9. The zero-order valence-corrected chi connectivity index (χ0v) is 15.0. The van der Waals surface area contributed by atoms with Crippen molar-refractivity contribution in [3.63, 3.8) is 0 Å². The van der Waals surface area contributed by atoms with Gasteiger partial charge < -0.3 is 15.0 Å². The molecule has 0 bridgehead atoms. The van der Waals surface area contributed by atoms with Crippen molar-refractivity contribution < 1.29 is 9.50 Å². The second-order valence-electron chi connectivity index (χ2n) is 7.05. The molecule has 1 aromatic heterocycles. The van der Waals surface area contributed by atoms with E-state index < -0.39 is 6.10 Å². The molecular formula is C21H24FN3O. The van der Waals surface area contributed by atoms with Crippen LogP contribution in [0.25, 0.3) is 10.9 Å². The van der Waals surface area contributed by atoms with Crippen LogP contribution in [0.2, 0.25) is 0 Å². The van der Waals surface area contributed by atoms with E-state index >= 15 is 0 Å². The van der Waals surface area contributed by atoms with Crippen LogP contribution < -0.4 is 4.90 Å². The predicted molar refractivity (Wildman–Crippen MR) is 103 cm³/mol. The number of aryl methyl sites for hydroxylation is 1. The molecule has 2 N–H and O–H groups in total. The zero-order valence-electron chi connectivity index (χ0n) is 15.0. The molecule has 0 aliphatic carbocycles. The van der Waals surface area contributed by atoms with Crippen molar-refractivity contribution in [2.45, 2.75) is 13.0 Å². The number of piperazine rings is 1. The molecule has 1 saturated heterocycles. The molecule has 136 valence electrons. The molecule has 1 aliphatic rings. The van der Waals surface area contributed by atoms with Crippen molar-refractivity contribution in [2.75, 3.05) is 37.6 Å². The first-order valence-corrected chi connectivity index (χ1v) is 9.09. The van der Waals surface area contributed by atoms with Crippen LogP contribution in [0.4, 0.5) is 10.1 Å². The Balaban J connectivity index is 1.41. The number of halogens is 1. The third-order valence-corrected chi connectivity index (χ3v) is 5.22. The number of nitrogens with one attached hydrogen (secondary N) is 1. The van der Waals surface area contributed by atoms with E-state index in [1.54, 1.807) is 6.07 Å². The van der Waals surface area contributed by atoms with Crippen molar-refractivity contribution >= 4 is 16.6 Å². The number of benzene rings is 2. The van der Waals surface area contributed by atoms with Gasteiger partial charge in [-0.1, -0.05) is 23.8 Å². The Kier molecular flexibility index (Phi) is 4.66. The van der Waals surface area contributed by atoms with Gasteiger partial charge in [-0.3, -0.25) is 4.90 Å². The third-order valence-electron chi connectivity index (χ3n) is 5.22. The first-order valence-electron chi connectivity index (χ1n) is 9.09. The first-order chi connectivity index (χ1) is 12.6. The number of para-hydroxylation sites is 1. The van der Waals surface area contributed by atoms with Crippen LogP contribution in [-0.2, 0) is 0 Å². The summed E-state index contributed by atoms with van der Waals surface area (Å²) in [6, 6.07) is 13.1. The molecule has 0 spiro atoms. The lowest BCUT2D eigenvalue weighted by Crippen LogP contribution is -2.47. The number of hydrogen-bond acceptors (Lipinski definition) is 3. The normalized spacial score (nSPS) is 17.0. The molecule has 2 heterocycles. The fraction of sp³-hybridized carbons (Fsp3) is 0.333. The summed E-state index contributed by atoms with van der Waals surface area (Å²) in [6.45, 7) is 5.80. The van der Waals surface area contributed by atoms with Crippen LogP contribution in [0.1, 0.15) is 17.2 Å². The van der Waals surface area contributed by atoms with E-state index in [1.165, 1.54) is 11.6 Å². The molecule has 3 aromatic rings. The number of nitrogens with zero attached hydrogens (tertiary/aromatic N) is 2. The number of anilines is 1. The number of β-amino-alcohol motifs (C(OH)–C–C–N with tert-alkyl or cyclic N) is 1. The summed E-state index contributed by atoms with van der Waals surface area (Å²) in [5.74, 6) is -0.171. The highest BCUT2D eigenvalue weighted by molar-refractivity contribution is 5.84. The standard InChI is InChI=1S/C21H24FN3O/c1-15-6-7-19-16(12-15)17(13-23-19)21(26)14-24-8-10-25(11-9-24)20-5-3-2-4-18(20)22/h2-7,12-13,21,23,26H,8-11,14H2,1H3/t21-/m1/s1. The second kappa shape index (κ2) is 7.09. The van der Waals surface area contributed by atoms with Gasteiger partial charge in [0.25, 0.3) is 0 Å². The number of H-pyrrole nitrogens is 1. The van der Waals surface area contributed by atoms with Crippen LogP contribution in [0.5, 0.6) is 0 Å². The van der Waals surface area contributed by atoms with Gasteiger partial charge in [0.15, 0.2) is 0 Å². The summed E-state index contributed by atoms with van der Waals surface area (Å²) in [5.41, 5.74) is 3.85. The van der Waals surface area contributed by atoms with E-state index in [2.05, 4.69) is 33.8 Å². The largest absolute Gasteiger partial charge is 0.387 e. The number of aliphatic hydroxyl groups is 1. The summed E-state index contributed by atoms with van der Waals surface area (Å²) in [6.07, 6.45) is 1.37. The smallest absolute Gasteiger partial charge is 0.146 e. The van der Waals surface area contributed by atoms with E-state index in [-0.39, 0.29) is 5.82 Å². The fourth-order valence-corrected chi connectivity index (χ4v) is 3.75. The molecule has 4 rings (SSSR count). The van der Waals surface area contributed by atoms with E-state index in [1.807, 2.05) is 24.4 Å². The number of rotatable bonds is 4. The molecule has 0 radical (unpaired) electrons. The number of fused-ring (bicyclic) bond motifs is 1. The monoisotopic (exact) mass is 353 g/mol. The molecule has 0 unspecified atom stereocenters. The Hall–Kier alpha value is -2.37. The molecule has 2 aromatic carbocycles. The maximum absolute atomic E-state index is 13.9. The molecule has 0 saturated carbocycles. The summed E-state index contributed by atoms with van der Waals surface area (Å²) >= 11 is 0. The van der Waals surface area contributed by atoms with Gasteiger partial charge >= 0.3 is 0 Å². The topological polar surface area (TPSA) is 42.5 Å². The van der Waals surface area contributed by atoms with E-state index in [9.17, 15) is 9.50 Å². The molecule has 4 nitrogen and oxygen atoms in total. The third kappa shape index (κ3) is 3.32. The minimum atomic E-state index is -0.537. The van der Waals surface area contributed by atoms with Gasteiger partial charge in [-0.25, -0.2) is 4.39 Å². The minimum absolute atomic E-state index is 0.171. The van der Waals surface area contributed by atoms with Gasteiger partial charge in [0, 0.05) is 55.4 Å². The maximum Gasteiger partial charge on any atom is 0.146 e. The van der Waals surface area contributed by atoms with Gasteiger partial charge in [0.2, 0.25) is 0 Å². The summed E-state index contributed by atoms with van der Waals surface area (Å²) in [4.78, 5) is 7.56. The quantitative estimate of drug-likeness (QED) is 0.755. The second-order valence-corrected chi connectivity index (χ2v) is 7.05. The van der Waals surface area contributed by atoms with Crippen LogP contribution in [0.15, 0.2) is 48.7 Å². The van der Waals surface area contributed by atoms with Crippen LogP contribution in [0, 0.1) is 12.7 Å². The highest BCUT2D eigenvalue weighted by Crippen LogP contribution is 2.26. The molecule has 1 fully saturated rings. The van der Waals surface area contributed by atoms with Gasteiger partial charge in [-0.15, -0.1) is 0 Å². The summed E-state index contributed by atoms with van der Waals surface area (Å²) in [7, 11) is 0. The van der Waals surface area contributed by atoms with Crippen molar-refractivity contribution in [1.29, 1.82) is 0 Å². The van der Waals surface area contributed by atoms with Crippen molar-refractivity contribution in [1.82, 2.24) is 9.88 Å². The molecular weight excluding hydrogens is 329 g/mol. The highest BCUT2D eigenvalue weighted by Gasteiger charge is 2.22. The minimum Gasteiger partial charge on any atom is -0.387 e. The molecule has 5 heteroatoms. The summed E-state index contributed by atoms with van der Waals surface area (Å²) < 4.78 is 13.9. The predicted octanol–water partition coefficient (Wildman–Crippen LogP) is 3.47. The SMILES string of the molecule is Cc1ccc2[nH]cc([C@H](O)CN3CCN(c4ccccc4F)CC3)c2c1. The Bertz CT molecular complexity index is 899. The fourth-order valence-electron chi connectivity index (χ4n) is 3.75. The molecule has 1 atom stereocenters. The van der Waals surface area contributed by atoms with Crippen molar-refractivity contribution in [3.8, 4) is 0 Å². The average Bonchev–Trinajstić information content (AvgIpc) is 3.06. The van der Waals surface area contributed by atoms with E-state index in [0.29, 0.717) is 12.2 Å². The first kappa shape index (κ1) is 17.1. The Morgan fingerprint density at radius 1 is 1.12 bits per heavy atom. The van der Waals surface area contributed by atoms with Gasteiger partial charge in [-0.05, 0) is 31.2 Å². The van der Waals surface area contributed by atoms with Crippen molar-refractivity contribution in [2.24, 2.45) is 0 Å². The van der Waals surface area contributed by atoms with Gasteiger partial charge in [0.1, 0.15) is 5.82 Å². The van der Waals surface area contributed by atoms with Crippen LogP contribution in [0.3, 0.4) is 0 Å². The Morgan fingerprint density at radius 3 is 2.65 bits per heavy atom. The number of aromatic amines is 1. The lowest BCUT2D eigenvalue weighted by atomic mass is 10.1. The number of aliphatic hydroxyl groups excluding tert-OH is 1. The van der Waals surface area contributed by atoms with Crippen LogP contribution >= 0.6 is 0 Å². The lowest BCUT2D eigenvalue weighted by molar-refractivity contribution is 0.110. The van der Waals surface area contributed by atoms with Crippen LogP contribution in [-0.4, -0.2) is 47.7 Å². The van der Waals surface area contributed by atoms with Gasteiger partial charge in [-0.2, -0.15) is 0 Å². The molecule has 1 aliphatic heterocycles. The number of hydrogen-bond donors (Lipinski definition) is 2. The van der Waals surface area contributed by atoms with E-state index in [4.69, 9.17) is 0 Å². The van der Waals surface area contributed by atoms with E-state index in [0.717, 1.165) is 42.6 Å².